The number of pyridine rings is 1. The van der Waals surface area contributed by atoms with E-state index >= 15 is 0 Å². The zero-order valence-electron chi connectivity index (χ0n) is 8.99. The molecule has 0 aliphatic rings. The normalized spacial score (nSPS) is 11.1. The lowest BCUT2D eigenvalue weighted by Crippen LogP contribution is -1.90. The van der Waals surface area contributed by atoms with E-state index in [0.29, 0.717) is 0 Å². The first kappa shape index (κ1) is 9.15. The molecule has 0 bridgehead atoms. The summed E-state index contributed by atoms with van der Waals surface area (Å²) in [5, 5.41) is 8.02. The van der Waals surface area contributed by atoms with Crippen LogP contribution in [0, 0.1) is 0 Å². The highest BCUT2D eigenvalue weighted by atomic mass is 15.1. The van der Waals surface area contributed by atoms with Crippen LogP contribution in [0.25, 0.3) is 22.2 Å². The van der Waals surface area contributed by atoms with Gasteiger partial charge in [-0.25, -0.2) is 4.98 Å². The summed E-state index contributed by atoms with van der Waals surface area (Å²) in [7, 11) is 0. The minimum atomic E-state index is 0.924. The van der Waals surface area contributed by atoms with Gasteiger partial charge in [0.05, 0.1) is 6.20 Å². The Kier molecular flexibility index (Phi) is 1.99. The number of aryl methyl sites for hydroxylation is 1. The van der Waals surface area contributed by atoms with Crippen LogP contribution in [-0.4, -0.2) is 20.2 Å². The largest absolute Gasteiger partial charge is 0.346 e. The van der Waals surface area contributed by atoms with Gasteiger partial charge in [0, 0.05) is 35.1 Å². The standard InChI is InChI=1S/C12H12N4/c1-2-8-5-14-12-10(3-4-13-12)11(8)9-6-15-16-7-9/h3-7H,2H2,1H3,(H,13,14)(H,15,16). The second kappa shape index (κ2) is 3.48. The number of aromatic nitrogens is 4. The van der Waals surface area contributed by atoms with Crippen molar-refractivity contribution in [1.82, 2.24) is 20.2 Å². The topological polar surface area (TPSA) is 57.4 Å². The van der Waals surface area contributed by atoms with Crippen LogP contribution in [-0.2, 0) is 6.42 Å². The molecule has 0 saturated carbocycles. The van der Waals surface area contributed by atoms with Gasteiger partial charge in [-0.2, -0.15) is 5.10 Å². The molecular weight excluding hydrogens is 200 g/mol. The molecule has 0 aliphatic carbocycles. The van der Waals surface area contributed by atoms with E-state index in [4.69, 9.17) is 0 Å². The van der Waals surface area contributed by atoms with Crippen LogP contribution >= 0.6 is 0 Å². The Bertz CT molecular complexity index is 607. The summed E-state index contributed by atoms with van der Waals surface area (Å²) in [6, 6.07) is 2.06. The van der Waals surface area contributed by atoms with Crippen LogP contribution in [0.2, 0.25) is 0 Å². The molecule has 2 N–H and O–H groups in total. The van der Waals surface area contributed by atoms with Crippen molar-refractivity contribution in [3.05, 3.63) is 36.4 Å². The van der Waals surface area contributed by atoms with Crippen molar-refractivity contribution < 1.29 is 0 Å². The van der Waals surface area contributed by atoms with E-state index in [1.807, 2.05) is 24.8 Å². The van der Waals surface area contributed by atoms with Crippen molar-refractivity contribution in [2.45, 2.75) is 13.3 Å². The highest BCUT2D eigenvalue weighted by molar-refractivity contribution is 5.94. The second-order valence-corrected chi connectivity index (χ2v) is 3.74. The lowest BCUT2D eigenvalue weighted by Gasteiger charge is -2.06. The quantitative estimate of drug-likeness (QED) is 0.685. The number of H-pyrrole nitrogens is 2. The summed E-state index contributed by atoms with van der Waals surface area (Å²) in [6.45, 7) is 2.14. The molecule has 0 fully saturated rings. The zero-order chi connectivity index (χ0) is 11.0. The molecule has 0 amide bonds. The van der Waals surface area contributed by atoms with Crippen LogP contribution < -0.4 is 0 Å². The van der Waals surface area contributed by atoms with Crippen molar-refractivity contribution in [3.63, 3.8) is 0 Å². The smallest absolute Gasteiger partial charge is 0.137 e. The lowest BCUT2D eigenvalue weighted by molar-refractivity contribution is 1.09. The van der Waals surface area contributed by atoms with Crippen LogP contribution in [0.5, 0.6) is 0 Å². The molecule has 0 saturated heterocycles. The number of fused-ring (bicyclic) bond motifs is 1. The van der Waals surface area contributed by atoms with Crippen molar-refractivity contribution in [2.24, 2.45) is 0 Å². The molecule has 3 aromatic heterocycles. The predicted octanol–water partition coefficient (Wildman–Crippen LogP) is 2.52. The van der Waals surface area contributed by atoms with E-state index in [1.54, 1.807) is 0 Å². The fraction of sp³-hybridized carbons (Fsp3) is 0.167. The summed E-state index contributed by atoms with van der Waals surface area (Å²) in [5.41, 5.74) is 4.51. The molecular formula is C12H12N4. The molecule has 0 unspecified atom stereocenters. The monoisotopic (exact) mass is 212 g/mol. The van der Waals surface area contributed by atoms with Gasteiger partial charge in [-0.3, -0.25) is 5.10 Å². The van der Waals surface area contributed by atoms with Gasteiger partial charge in [-0.1, -0.05) is 6.92 Å². The number of hydrogen-bond acceptors (Lipinski definition) is 2. The third kappa shape index (κ3) is 1.23. The molecule has 0 spiro atoms. The van der Waals surface area contributed by atoms with E-state index in [1.165, 1.54) is 11.1 Å². The Hall–Kier alpha value is -2.10. The van der Waals surface area contributed by atoms with Gasteiger partial charge in [-0.05, 0) is 18.1 Å². The Labute approximate surface area is 92.7 Å². The molecule has 3 aromatic rings. The first-order chi connectivity index (χ1) is 7.90. The number of aromatic amines is 2. The summed E-state index contributed by atoms with van der Waals surface area (Å²) in [4.78, 5) is 7.53. The molecule has 3 rings (SSSR count). The molecule has 0 aromatic carbocycles. The SMILES string of the molecule is CCc1cnc2[nH]ccc2c1-c1cn[nH]c1. The highest BCUT2D eigenvalue weighted by Crippen LogP contribution is 2.30. The van der Waals surface area contributed by atoms with E-state index in [2.05, 4.69) is 33.2 Å². The van der Waals surface area contributed by atoms with Crippen LogP contribution in [0.15, 0.2) is 30.9 Å². The maximum absolute atomic E-state index is 4.40. The summed E-state index contributed by atoms with van der Waals surface area (Å²) >= 11 is 0. The Morgan fingerprint density at radius 1 is 1.31 bits per heavy atom. The highest BCUT2D eigenvalue weighted by Gasteiger charge is 2.11. The second-order valence-electron chi connectivity index (χ2n) is 3.74. The van der Waals surface area contributed by atoms with Gasteiger partial charge in [0.15, 0.2) is 0 Å². The van der Waals surface area contributed by atoms with Gasteiger partial charge in [0.2, 0.25) is 0 Å². The Morgan fingerprint density at radius 3 is 3.00 bits per heavy atom. The van der Waals surface area contributed by atoms with Crippen molar-refractivity contribution in [2.75, 3.05) is 0 Å². The van der Waals surface area contributed by atoms with Crippen LogP contribution in [0.3, 0.4) is 0 Å². The van der Waals surface area contributed by atoms with Crippen LogP contribution in [0.4, 0.5) is 0 Å². The summed E-state index contributed by atoms with van der Waals surface area (Å²) in [6.07, 6.45) is 8.58. The van der Waals surface area contributed by atoms with Crippen molar-refractivity contribution >= 4 is 11.0 Å². The molecule has 4 nitrogen and oxygen atoms in total. The molecule has 0 aliphatic heterocycles. The van der Waals surface area contributed by atoms with E-state index in [0.717, 1.165) is 23.0 Å². The molecule has 80 valence electrons. The number of nitrogens with one attached hydrogen (secondary N) is 2. The average Bonchev–Trinajstić information content (AvgIpc) is 2.98. The van der Waals surface area contributed by atoms with Crippen LogP contribution in [0.1, 0.15) is 12.5 Å². The molecule has 3 heterocycles. The molecule has 0 radical (unpaired) electrons. The first-order valence-electron chi connectivity index (χ1n) is 5.34. The van der Waals surface area contributed by atoms with Gasteiger partial charge >= 0.3 is 0 Å². The van der Waals surface area contributed by atoms with Gasteiger partial charge in [0.25, 0.3) is 0 Å². The number of nitrogens with zero attached hydrogens (tertiary/aromatic N) is 2. The maximum atomic E-state index is 4.40. The number of rotatable bonds is 2. The van der Waals surface area contributed by atoms with E-state index in [-0.39, 0.29) is 0 Å². The molecule has 0 atom stereocenters. The Morgan fingerprint density at radius 2 is 2.25 bits per heavy atom. The van der Waals surface area contributed by atoms with E-state index in [9.17, 15) is 0 Å². The maximum Gasteiger partial charge on any atom is 0.137 e. The molecule has 16 heavy (non-hydrogen) atoms. The summed E-state index contributed by atoms with van der Waals surface area (Å²) in [5.74, 6) is 0. The predicted molar refractivity (Wildman–Crippen MR) is 63.1 cm³/mol. The third-order valence-electron chi connectivity index (χ3n) is 2.83. The minimum Gasteiger partial charge on any atom is -0.346 e. The fourth-order valence-corrected chi connectivity index (χ4v) is 2.05. The fourth-order valence-electron chi connectivity index (χ4n) is 2.05. The molecule has 4 heteroatoms. The number of hydrogen-bond donors (Lipinski definition) is 2. The van der Waals surface area contributed by atoms with E-state index < -0.39 is 0 Å². The van der Waals surface area contributed by atoms with Gasteiger partial charge in [-0.15, -0.1) is 0 Å². The lowest BCUT2D eigenvalue weighted by atomic mass is 10.00. The first-order valence-corrected chi connectivity index (χ1v) is 5.34. The van der Waals surface area contributed by atoms with Crippen molar-refractivity contribution in [1.29, 1.82) is 0 Å². The summed E-state index contributed by atoms with van der Waals surface area (Å²) < 4.78 is 0. The minimum absolute atomic E-state index is 0.924. The zero-order valence-corrected chi connectivity index (χ0v) is 8.99. The van der Waals surface area contributed by atoms with Crippen molar-refractivity contribution in [3.8, 4) is 11.1 Å². The van der Waals surface area contributed by atoms with Gasteiger partial charge < -0.3 is 4.98 Å². The van der Waals surface area contributed by atoms with Gasteiger partial charge in [0.1, 0.15) is 5.65 Å². The Balaban J connectivity index is 2.38. The average molecular weight is 212 g/mol. The third-order valence-corrected chi connectivity index (χ3v) is 2.83.